The highest BCUT2D eigenvalue weighted by atomic mass is 32.2. The fourth-order valence-corrected chi connectivity index (χ4v) is 5.92. The molecule has 0 spiro atoms. The van der Waals surface area contributed by atoms with Gasteiger partial charge < -0.3 is 10.2 Å². The van der Waals surface area contributed by atoms with E-state index < -0.39 is 15.9 Å². The number of anilines is 3. The lowest BCUT2D eigenvalue weighted by molar-refractivity contribution is -0.121. The van der Waals surface area contributed by atoms with Crippen LogP contribution in [0.4, 0.5) is 17.1 Å². The number of benzene rings is 3. The Morgan fingerprint density at radius 3 is 2.21 bits per heavy atom. The number of nitrogens with zero attached hydrogens (tertiary/aromatic N) is 2. The highest BCUT2D eigenvalue weighted by Crippen LogP contribution is 2.34. The number of hydrogen-bond acceptors (Lipinski definition) is 5. The van der Waals surface area contributed by atoms with Crippen molar-refractivity contribution in [3.63, 3.8) is 0 Å². The second kappa shape index (κ2) is 9.00. The molecule has 0 saturated carbocycles. The molecule has 0 radical (unpaired) electrons. The third-order valence-corrected chi connectivity index (χ3v) is 8.05. The standard InChI is InChI=1S/C26H27N3O3S/c30-26(25(21-7-2-1-3-8-21)28-16-18-33(31,32)19-17-28)27-22-10-12-23(13-11-22)29-15-14-20-6-4-5-9-24(20)29/h1-13,25H,14-19H2,(H,27,30). The molecule has 6 nitrogen and oxygen atoms in total. The number of carbonyl (C=O) groups is 1. The third-order valence-electron chi connectivity index (χ3n) is 6.44. The lowest BCUT2D eigenvalue weighted by Crippen LogP contribution is -2.46. The van der Waals surface area contributed by atoms with Crippen molar-refractivity contribution in [1.29, 1.82) is 0 Å². The molecular weight excluding hydrogens is 434 g/mol. The van der Waals surface area contributed by atoms with Gasteiger partial charge >= 0.3 is 0 Å². The fraction of sp³-hybridized carbons (Fsp3) is 0.269. The minimum absolute atomic E-state index is 0.0790. The van der Waals surface area contributed by atoms with E-state index in [9.17, 15) is 13.2 Å². The highest BCUT2D eigenvalue weighted by Gasteiger charge is 2.32. The van der Waals surface area contributed by atoms with Crippen molar-refractivity contribution in [3.05, 3.63) is 90.0 Å². The van der Waals surface area contributed by atoms with Crippen molar-refractivity contribution in [2.45, 2.75) is 12.5 Å². The normalized spacial score (nSPS) is 18.5. The van der Waals surface area contributed by atoms with E-state index in [1.807, 2.05) is 59.5 Å². The highest BCUT2D eigenvalue weighted by molar-refractivity contribution is 7.91. The van der Waals surface area contributed by atoms with Crippen LogP contribution in [0.25, 0.3) is 0 Å². The first-order valence-corrected chi connectivity index (χ1v) is 13.1. The van der Waals surface area contributed by atoms with E-state index in [-0.39, 0.29) is 17.4 Å². The van der Waals surface area contributed by atoms with Crippen LogP contribution in [0, 0.1) is 0 Å². The van der Waals surface area contributed by atoms with Crippen LogP contribution in [-0.2, 0) is 21.1 Å². The topological polar surface area (TPSA) is 69.7 Å². The maximum absolute atomic E-state index is 13.4. The Labute approximate surface area is 194 Å². The van der Waals surface area contributed by atoms with Crippen LogP contribution >= 0.6 is 0 Å². The molecule has 1 atom stereocenters. The number of amides is 1. The molecule has 1 N–H and O–H groups in total. The number of fused-ring (bicyclic) bond motifs is 1. The SMILES string of the molecule is O=C(Nc1ccc(N2CCc3ccccc32)cc1)C(c1ccccc1)N1CCS(=O)(=O)CC1. The van der Waals surface area contributed by atoms with Gasteiger partial charge in [-0.2, -0.15) is 0 Å². The average Bonchev–Trinajstić information content (AvgIpc) is 3.26. The Bertz CT molecular complexity index is 1230. The van der Waals surface area contributed by atoms with Crippen molar-refractivity contribution in [2.75, 3.05) is 41.4 Å². The van der Waals surface area contributed by atoms with Gasteiger partial charge in [0, 0.05) is 36.7 Å². The summed E-state index contributed by atoms with van der Waals surface area (Å²) in [5.41, 5.74) is 5.27. The van der Waals surface area contributed by atoms with Gasteiger partial charge in [0.1, 0.15) is 6.04 Å². The Hall–Kier alpha value is -3.16. The maximum atomic E-state index is 13.4. The van der Waals surface area contributed by atoms with E-state index in [1.54, 1.807) is 0 Å². The van der Waals surface area contributed by atoms with Crippen LogP contribution < -0.4 is 10.2 Å². The first kappa shape index (κ1) is 21.7. The van der Waals surface area contributed by atoms with Crippen molar-refractivity contribution in [1.82, 2.24) is 4.90 Å². The first-order chi connectivity index (χ1) is 16.0. The molecule has 3 aromatic carbocycles. The maximum Gasteiger partial charge on any atom is 0.246 e. The third kappa shape index (κ3) is 4.65. The molecule has 2 heterocycles. The summed E-state index contributed by atoms with van der Waals surface area (Å²) in [5, 5.41) is 3.05. The Morgan fingerprint density at radius 2 is 1.48 bits per heavy atom. The van der Waals surface area contributed by atoms with E-state index >= 15 is 0 Å². The molecule has 1 unspecified atom stereocenters. The number of rotatable bonds is 5. The zero-order valence-corrected chi connectivity index (χ0v) is 19.2. The molecule has 7 heteroatoms. The van der Waals surface area contributed by atoms with E-state index in [4.69, 9.17) is 0 Å². The molecule has 1 amide bonds. The number of nitrogens with one attached hydrogen (secondary N) is 1. The van der Waals surface area contributed by atoms with Crippen LogP contribution in [0.5, 0.6) is 0 Å². The molecule has 0 bridgehead atoms. The Morgan fingerprint density at radius 1 is 0.818 bits per heavy atom. The monoisotopic (exact) mass is 461 g/mol. The molecule has 5 rings (SSSR count). The predicted molar refractivity (Wildman–Crippen MR) is 132 cm³/mol. The molecule has 1 saturated heterocycles. The van der Waals surface area contributed by atoms with Gasteiger partial charge in [0.2, 0.25) is 5.91 Å². The molecule has 170 valence electrons. The van der Waals surface area contributed by atoms with Gasteiger partial charge in [0.05, 0.1) is 11.5 Å². The summed E-state index contributed by atoms with van der Waals surface area (Å²) < 4.78 is 23.8. The van der Waals surface area contributed by atoms with Gasteiger partial charge in [-0.3, -0.25) is 9.69 Å². The second-order valence-electron chi connectivity index (χ2n) is 8.57. The zero-order chi connectivity index (χ0) is 22.8. The van der Waals surface area contributed by atoms with Gasteiger partial charge in [-0.15, -0.1) is 0 Å². The molecule has 0 aliphatic carbocycles. The Kier molecular flexibility index (Phi) is 5.91. The summed E-state index contributed by atoms with van der Waals surface area (Å²) in [6.45, 7) is 1.64. The summed E-state index contributed by atoms with van der Waals surface area (Å²) in [5.74, 6) is 0.00498. The summed E-state index contributed by atoms with van der Waals surface area (Å²) in [4.78, 5) is 17.6. The van der Waals surface area contributed by atoms with E-state index in [0.717, 1.165) is 29.9 Å². The zero-order valence-electron chi connectivity index (χ0n) is 18.4. The number of carbonyl (C=O) groups excluding carboxylic acids is 1. The van der Waals surface area contributed by atoms with Crippen LogP contribution in [0.3, 0.4) is 0 Å². The second-order valence-corrected chi connectivity index (χ2v) is 10.9. The Balaban J connectivity index is 1.33. The molecule has 0 aromatic heterocycles. The minimum Gasteiger partial charge on any atom is -0.341 e. The average molecular weight is 462 g/mol. The van der Waals surface area contributed by atoms with Crippen molar-refractivity contribution < 1.29 is 13.2 Å². The van der Waals surface area contributed by atoms with Crippen LogP contribution in [0.15, 0.2) is 78.9 Å². The van der Waals surface area contributed by atoms with Crippen molar-refractivity contribution in [2.24, 2.45) is 0 Å². The fourth-order valence-electron chi connectivity index (χ4n) is 4.69. The van der Waals surface area contributed by atoms with Gasteiger partial charge in [-0.25, -0.2) is 8.42 Å². The smallest absolute Gasteiger partial charge is 0.246 e. The summed E-state index contributed by atoms with van der Waals surface area (Å²) in [6, 6.07) is 25.4. The summed E-state index contributed by atoms with van der Waals surface area (Å²) >= 11 is 0. The molecule has 1 fully saturated rings. The van der Waals surface area contributed by atoms with Gasteiger partial charge in [-0.1, -0.05) is 48.5 Å². The van der Waals surface area contributed by atoms with Gasteiger partial charge in [0.25, 0.3) is 0 Å². The molecule has 2 aliphatic heterocycles. The summed E-state index contributed by atoms with van der Waals surface area (Å²) in [7, 11) is -3.03. The number of para-hydroxylation sites is 1. The quantitative estimate of drug-likeness (QED) is 0.626. The minimum atomic E-state index is -3.03. The predicted octanol–water partition coefficient (Wildman–Crippen LogP) is 3.79. The van der Waals surface area contributed by atoms with Crippen molar-refractivity contribution in [3.8, 4) is 0 Å². The van der Waals surface area contributed by atoms with Gasteiger partial charge in [0.15, 0.2) is 9.84 Å². The molecule has 2 aliphatic rings. The number of hydrogen-bond donors (Lipinski definition) is 1. The van der Waals surface area contributed by atoms with E-state index in [2.05, 4.69) is 34.5 Å². The van der Waals surface area contributed by atoms with Crippen LogP contribution in [-0.4, -0.2) is 50.4 Å². The van der Waals surface area contributed by atoms with Crippen LogP contribution in [0.1, 0.15) is 17.2 Å². The lowest BCUT2D eigenvalue weighted by atomic mass is 10.0. The van der Waals surface area contributed by atoms with E-state index in [1.165, 1.54) is 11.3 Å². The lowest BCUT2D eigenvalue weighted by Gasteiger charge is -2.33. The largest absolute Gasteiger partial charge is 0.341 e. The van der Waals surface area contributed by atoms with Crippen LogP contribution in [0.2, 0.25) is 0 Å². The number of sulfone groups is 1. The van der Waals surface area contributed by atoms with E-state index in [0.29, 0.717) is 13.1 Å². The van der Waals surface area contributed by atoms with Crippen molar-refractivity contribution >= 4 is 32.8 Å². The summed E-state index contributed by atoms with van der Waals surface area (Å²) in [6.07, 6.45) is 1.03. The molecule has 33 heavy (non-hydrogen) atoms. The first-order valence-electron chi connectivity index (χ1n) is 11.3. The van der Waals surface area contributed by atoms with Gasteiger partial charge in [-0.05, 0) is 47.9 Å². The molecular formula is C26H27N3O3S. The molecule has 3 aromatic rings.